The summed E-state index contributed by atoms with van der Waals surface area (Å²) in [5.41, 5.74) is -1.40. The molecule has 1 saturated carbocycles. The van der Waals surface area contributed by atoms with Crippen LogP contribution in [-0.4, -0.2) is 36.6 Å². The van der Waals surface area contributed by atoms with Crippen LogP contribution in [0.15, 0.2) is 0 Å². The van der Waals surface area contributed by atoms with E-state index < -0.39 is 28.3 Å². The third kappa shape index (κ3) is 3.21. The molecule has 0 aromatic heterocycles. The second-order valence-corrected chi connectivity index (χ2v) is 4.78. The molecule has 0 amide bonds. The van der Waals surface area contributed by atoms with Crippen molar-refractivity contribution in [1.29, 1.82) is 0 Å². The van der Waals surface area contributed by atoms with Crippen molar-refractivity contribution in [3.05, 3.63) is 10.1 Å². The normalized spacial score (nSPS) is 19.3. The van der Waals surface area contributed by atoms with Crippen LogP contribution in [0.4, 0.5) is 0 Å². The SMILES string of the molecule is COC(=O)CC(C(=O)OC)C1([N+](=O)[O-])CCCCC1. The first-order valence-corrected chi connectivity index (χ1v) is 6.27. The minimum Gasteiger partial charge on any atom is -0.469 e. The lowest BCUT2D eigenvalue weighted by atomic mass is 9.72. The lowest BCUT2D eigenvalue weighted by molar-refractivity contribution is -0.583. The molecule has 1 aliphatic carbocycles. The summed E-state index contributed by atoms with van der Waals surface area (Å²) in [5.74, 6) is -2.44. The average molecular weight is 273 g/mol. The average Bonchev–Trinajstić information content (AvgIpc) is 2.44. The van der Waals surface area contributed by atoms with Gasteiger partial charge in [-0.15, -0.1) is 0 Å². The molecular formula is C12H19NO6. The molecule has 0 radical (unpaired) electrons. The molecule has 0 heterocycles. The fourth-order valence-electron chi connectivity index (χ4n) is 2.71. The van der Waals surface area contributed by atoms with Gasteiger partial charge in [-0.05, 0) is 12.8 Å². The van der Waals surface area contributed by atoms with E-state index in [0.29, 0.717) is 12.8 Å². The Labute approximate surface area is 111 Å². The van der Waals surface area contributed by atoms with E-state index in [9.17, 15) is 19.7 Å². The molecule has 1 rings (SSSR count). The Morgan fingerprint density at radius 1 is 1.21 bits per heavy atom. The number of nitrogens with zero attached hydrogens (tertiary/aromatic N) is 1. The Kier molecular flexibility index (Phi) is 5.26. The zero-order valence-electron chi connectivity index (χ0n) is 11.2. The van der Waals surface area contributed by atoms with Gasteiger partial charge in [0, 0.05) is 17.8 Å². The first kappa shape index (κ1) is 15.4. The second kappa shape index (κ2) is 6.49. The Morgan fingerprint density at radius 3 is 2.21 bits per heavy atom. The van der Waals surface area contributed by atoms with Crippen molar-refractivity contribution >= 4 is 11.9 Å². The highest BCUT2D eigenvalue weighted by atomic mass is 16.6. The van der Waals surface area contributed by atoms with Crippen LogP contribution in [0.5, 0.6) is 0 Å². The Morgan fingerprint density at radius 2 is 1.79 bits per heavy atom. The predicted octanol–water partition coefficient (Wildman–Crippen LogP) is 1.32. The summed E-state index contributed by atoms with van der Waals surface area (Å²) >= 11 is 0. The molecule has 0 N–H and O–H groups in total. The molecule has 1 aliphatic rings. The van der Waals surface area contributed by atoms with Gasteiger partial charge in [0.1, 0.15) is 5.92 Å². The van der Waals surface area contributed by atoms with Gasteiger partial charge >= 0.3 is 11.9 Å². The van der Waals surface area contributed by atoms with E-state index in [1.165, 1.54) is 14.2 Å². The molecule has 7 heteroatoms. The lowest BCUT2D eigenvalue weighted by Gasteiger charge is -2.33. The topological polar surface area (TPSA) is 95.7 Å². The summed E-state index contributed by atoms with van der Waals surface area (Å²) in [6.45, 7) is 0. The van der Waals surface area contributed by atoms with Crippen molar-refractivity contribution in [2.24, 2.45) is 5.92 Å². The van der Waals surface area contributed by atoms with Gasteiger partial charge in [-0.2, -0.15) is 0 Å². The second-order valence-electron chi connectivity index (χ2n) is 4.78. The third-order valence-electron chi connectivity index (χ3n) is 3.82. The molecule has 1 fully saturated rings. The maximum absolute atomic E-state index is 11.8. The highest BCUT2D eigenvalue weighted by Gasteiger charge is 2.55. The van der Waals surface area contributed by atoms with Crippen LogP contribution in [0.25, 0.3) is 0 Å². The van der Waals surface area contributed by atoms with E-state index in [0.717, 1.165) is 6.42 Å². The van der Waals surface area contributed by atoms with Gasteiger partial charge in [-0.25, -0.2) is 0 Å². The minimum absolute atomic E-state index is 0.288. The quantitative estimate of drug-likeness (QED) is 0.426. The molecule has 1 unspecified atom stereocenters. The molecule has 0 saturated heterocycles. The van der Waals surface area contributed by atoms with Crippen LogP contribution in [0.1, 0.15) is 38.5 Å². The Balaban J connectivity index is 3.06. The van der Waals surface area contributed by atoms with E-state index >= 15 is 0 Å². The molecule has 0 aliphatic heterocycles. The maximum Gasteiger partial charge on any atom is 0.316 e. The summed E-state index contributed by atoms with van der Waals surface area (Å²) in [5, 5.41) is 11.5. The van der Waals surface area contributed by atoms with E-state index in [1.807, 2.05) is 0 Å². The van der Waals surface area contributed by atoms with Crippen LogP contribution in [0, 0.1) is 16.0 Å². The monoisotopic (exact) mass is 273 g/mol. The van der Waals surface area contributed by atoms with Crippen LogP contribution in [0.2, 0.25) is 0 Å². The first-order valence-electron chi connectivity index (χ1n) is 6.27. The minimum atomic E-state index is -1.40. The van der Waals surface area contributed by atoms with E-state index in [4.69, 9.17) is 0 Å². The summed E-state index contributed by atoms with van der Waals surface area (Å²) in [6, 6.07) is 0. The third-order valence-corrected chi connectivity index (χ3v) is 3.82. The number of hydrogen-bond acceptors (Lipinski definition) is 6. The van der Waals surface area contributed by atoms with Gasteiger partial charge in [0.25, 0.3) is 0 Å². The van der Waals surface area contributed by atoms with Crippen molar-refractivity contribution in [1.82, 2.24) is 0 Å². The summed E-state index contributed by atoms with van der Waals surface area (Å²) in [7, 11) is 2.36. The molecule has 0 aromatic rings. The summed E-state index contributed by atoms with van der Waals surface area (Å²) in [4.78, 5) is 34.3. The molecule has 7 nitrogen and oxygen atoms in total. The Hall–Kier alpha value is -1.66. The van der Waals surface area contributed by atoms with Crippen molar-refractivity contribution in [2.45, 2.75) is 44.1 Å². The molecule has 108 valence electrons. The maximum atomic E-state index is 11.8. The number of hydrogen-bond donors (Lipinski definition) is 0. The fraction of sp³-hybridized carbons (Fsp3) is 0.833. The standard InChI is InChI=1S/C12H19NO6/c1-18-10(14)8-9(11(15)19-2)12(13(16)17)6-4-3-5-7-12/h9H,3-8H2,1-2H3. The zero-order chi connectivity index (χ0) is 14.5. The number of rotatable bonds is 5. The molecule has 19 heavy (non-hydrogen) atoms. The van der Waals surface area contributed by atoms with Gasteiger partial charge in [-0.3, -0.25) is 19.7 Å². The summed E-state index contributed by atoms with van der Waals surface area (Å²) < 4.78 is 9.16. The summed E-state index contributed by atoms with van der Waals surface area (Å²) in [6.07, 6.45) is 2.52. The van der Waals surface area contributed by atoms with Crippen LogP contribution >= 0.6 is 0 Å². The van der Waals surface area contributed by atoms with Crippen LogP contribution in [0.3, 0.4) is 0 Å². The number of methoxy groups -OCH3 is 2. The van der Waals surface area contributed by atoms with E-state index in [1.54, 1.807) is 0 Å². The smallest absolute Gasteiger partial charge is 0.316 e. The molecular weight excluding hydrogens is 254 g/mol. The van der Waals surface area contributed by atoms with Crippen molar-refractivity contribution < 1.29 is 24.0 Å². The van der Waals surface area contributed by atoms with Gasteiger partial charge in [0.05, 0.1) is 20.6 Å². The Bertz CT molecular complexity index is 361. The highest BCUT2D eigenvalue weighted by molar-refractivity contribution is 5.81. The van der Waals surface area contributed by atoms with Gasteiger partial charge < -0.3 is 9.47 Å². The fourth-order valence-corrected chi connectivity index (χ4v) is 2.71. The number of carbonyl (C=O) groups excluding carboxylic acids is 2. The predicted molar refractivity (Wildman–Crippen MR) is 64.9 cm³/mol. The number of ether oxygens (including phenoxy) is 2. The number of carbonyl (C=O) groups is 2. The van der Waals surface area contributed by atoms with Crippen LogP contribution in [-0.2, 0) is 19.1 Å². The van der Waals surface area contributed by atoms with E-state index in [2.05, 4.69) is 9.47 Å². The first-order chi connectivity index (χ1) is 8.97. The van der Waals surface area contributed by atoms with Gasteiger partial charge in [0.15, 0.2) is 0 Å². The number of esters is 2. The van der Waals surface area contributed by atoms with Crippen molar-refractivity contribution in [2.75, 3.05) is 14.2 Å². The van der Waals surface area contributed by atoms with Crippen molar-refractivity contribution in [3.63, 3.8) is 0 Å². The number of nitro groups is 1. The molecule has 0 aromatic carbocycles. The van der Waals surface area contributed by atoms with Gasteiger partial charge in [0.2, 0.25) is 5.54 Å². The highest BCUT2D eigenvalue weighted by Crippen LogP contribution is 2.39. The molecule has 0 spiro atoms. The van der Waals surface area contributed by atoms with Crippen molar-refractivity contribution in [3.8, 4) is 0 Å². The molecule has 0 bridgehead atoms. The molecule has 1 atom stereocenters. The lowest BCUT2D eigenvalue weighted by Crippen LogP contribution is -2.51. The van der Waals surface area contributed by atoms with Crippen LogP contribution < -0.4 is 0 Å². The largest absolute Gasteiger partial charge is 0.469 e. The van der Waals surface area contributed by atoms with Gasteiger partial charge in [-0.1, -0.05) is 6.42 Å². The zero-order valence-corrected chi connectivity index (χ0v) is 11.2. The van der Waals surface area contributed by atoms with E-state index in [-0.39, 0.29) is 19.3 Å².